The molecule has 1 aromatic carbocycles. The topological polar surface area (TPSA) is 64.7 Å². The van der Waals surface area contributed by atoms with Crippen molar-refractivity contribution < 1.29 is 14.0 Å². The first-order chi connectivity index (χ1) is 14.1. The molecule has 0 spiro atoms. The maximum atomic E-state index is 13.1. The second-order valence-electron chi connectivity index (χ2n) is 8.04. The summed E-state index contributed by atoms with van der Waals surface area (Å²) in [5.41, 5.74) is 0.994. The molecule has 1 heterocycles. The van der Waals surface area contributed by atoms with Crippen molar-refractivity contribution in [1.29, 1.82) is 0 Å². The summed E-state index contributed by atoms with van der Waals surface area (Å²) in [6.07, 6.45) is 7.76. The van der Waals surface area contributed by atoms with E-state index in [2.05, 4.69) is 15.5 Å². The zero-order valence-electron chi connectivity index (χ0n) is 17.2. The average molecular weight is 405 g/mol. The Labute approximate surface area is 172 Å². The van der Waals surface area contributed by atoms with Crippen LogP contribution in [0.25, 0.3) is 0 Å². The highest BCUT2D eigenvalue weighted by Crippen LogP contribution is 2.18. The summed E-state index contributed by atoms with van der Waals surface area (Å²) >= 11 is 0. The molecule has 1 saturated carbocycles. The molecule has 2 N–H and O–H groups in total. The molecule has 3 amide bonds. The van der Waals surface area contributed by atoms with Crippen LogP contribution in [0.2, 0.25) is 0 Å². The first kappa shape index (κ1) is 21.4. The van der Waals surface area contributed by atoms with Gasteiger partial charge in [-0.2, -0.15) is 0 Å². The molecule has 1 aliphatic carbocycles. The van der Waals surface area contributed by atoms with E-state index in [1.54, 1.807) is 12.1 Å². The summed E-state index contributed by atoms with van der Waals surface area (Å²) in [5, 5.41) is 5.90. The van der Waals surface area contributed by atoms with Crippen LogP contribution < -0.4 is 15.5 Å². The Bertz CT molecular complexity index is 661. The predicted octanol–water partition coefficient (Wildman–Crippen LogP) is 3.28. The number of benzene rings is 1. The van der Waals surface area contributed by atoms with Gasteiger partial charge in [-0.05, 0) is 49.9 Å². The van der Waals surface area contributed by atoms with Crippen LogP contribution in [-0.2, 0) is 4.79 Å². The molecular formula is C22H33FN4O2. The van der Waals surface area contributed by atoms with Gasteiger partial charge in [0.1, 0.15) is 5.82 Å². The lowest BCUT2D eigenvalue weighted by Gasteiger charge is -2.24. The number of nitrogens with zero attached hydrogens (tertiary/aromatic N) is 2. The number of urea groups is 1. The first-order valence-electron chi connectivity index (χ1n) is 10.9. The summed E-state index contributed by atoms with van der Waals surface area (Å²) in [7, 11) is 0. The van der Waals surface area contributed by atoms with Crippen molar-refractivity contribution in [2.24, 2.45) is 0 Å². The third kappa shape index (κ3) is 6.91. The highest BCUT2D eigenvalue weighted by molar-refractivity contribution is 5.77. The van der Waals surface area contributed by atoms with Gasteiger partial charge in [0.05, 0.1) is 0 Å². The monoisotopic (exact) mass is 404 g/mol. The molecule has 6 nitrogen and oxygen atoms in total. The van der Waals surface area contributed by atoms with Gasteiger partial charge in [-0.1, -0.05) is 19.3 Å². The lowest BCUT2D eigenvalue weighted by molar-refractivity contribution is -0.131. The van der Waals surface area contributed by atoms with E-state index >= 15 is 0 Å². The first-order valence-corrected chi connectivity index (χ1v) is 10.9. The third-order valence-electron chi connectivity index (χ3n) is 5.83. The smallest absolute Gasteiger partial charge is 0.315 e. The molecule has 0 bridgehead atoms. The summed E-state index contributed by atoms with van der Waals surface area (Å²) in [6.45, 7) is 3.54. The van der Waals surface area contributed by atoms with E-state index in [0.29, 0.717) is 32.0 Å². The van der Waals surface area contributed by atoms with E-state index in [-0.39, 0.29) is 17.8 Å². The molecule has 0 radical (unpaired) electrons. The van der Waals surface area contributed by atoms with Crippen molar-refractivity contribution in [2.75, 3.05) is 37.6 Å². The van der Waals surface area contributed by atoms with Crippen LogP contribution in [0.1, 0.15) is 51.4 Å². The van der Waals surface area contributed by atoms with E-state index in [9.17, 15) is 14.0 Å². The van der Waals surface area contributed by atoms with E-state index in [0.717, 1.165) is 44.6 Å². The van der Waals surface area contributed by atoms with Crippen molar-refractivity contribution in [3.63, 3.8) is 0 Å². The minimum Gasteiger partial charge on any atom is -0.370 e. The van der Waals surface area contributed by atoms with Crippen molar-refractivity contribution in [3.8, 4) is 0 Å². The lowest BCUT2D eigenvalue weighted by atomic mass is 9.96. The molecule has 1 saturated heterocycles. The number of carbonyl (C=O) groups excluding carboxylic acids is 2. The van der Waals surface area contributed by atoms with Gasteiger partial charge in [0.2, 0.25) is 5.91 Å². The van der Waals surface area contributed by atoms with Gasteiger partial charge in [-0.3, -0.25) is 4.79 Å². The van der Waals surface area contributed by atoms with Crippen molar-refractivity contribution in [2.45, 2.75) is 57.4 Å². The SMILES string of the molecule is O=C(NCCCC(=O)N1CCCN(c2ccc(F)cc2)CC1)NC1CCCCC1. The van der Waals surface area contributed by atoms with Crippen LogP contribution in [0.15, 0.2) is 24.3 Å². The quantitative estimate of drug-likeness (QED) is 0.715. The number of halogens is 1. The minimum atomic E-state index is -0.235. The highest BCUT2D eigenvalue weighted by Gasteiger charge is 2.19. The Hall–Kier alpha value is -2.31. The fourth-order valence-corrected chi connectivity index (χ4v) is 4.16. The van der Waals surface area contributed by atoms with Gasteiger partial charge < -0.3 is 20.4 Å². The number of hydrogen-bond donors (Lipinski definition) is 2. The Kier molecular flexibility index (Phi) is 8.14. The molecule has 160 valence electrons. The molecule has 7 heteroatoms. The zero-order valence-corrected chi connectivity index (χ0v) is 17.2. The fraction of sp³-hybridized carbons (Fsp3) is 0.636. The molecule has 1 aromatic rings. The Morgan fingerprint density at radius 3 is 2.48 bits per heavy atom. The number of carbonyl (C=O) groups is 2. The van der Waals surface area contributed by atoms with Gasteiger partial charge in [0.15, 0.2) is 0 Å². The second kappa shape index (κ2) is 11.0. The van der Waals surface area contributed by atoms with Crippen molar-refractivity contribution in [3.05, 3.63) is 30.1 Å². The van der Waals surface area contributed by atoms with E-state index < -0.39 is 0 Å². The van der Waals surface area contributed by atoms with Crippen LogP contribution in [0.4, 0.5) is 14.9 Å². The average Bonchev–Trinajstić information content (AvgIpc) is 2.99. The number of nitrogens with one attached hydrogen (secondary N) is 2. The molecule has 0 aromatic heterocycles. The van der Waals surface area contributed by atoms with E-state index in [1.807, 2.05) is 4.90 Å². The number of amides is 3. The molecular weight excluding hydrogens is 371 g/mol. The summed E-state index contributed by atoms with van der Waals surface area (Å²) in [6, 6.07) is 6.70. The van der Waals surface area contributed by atoms with Gasteiger partial charge in [0.25, 0.3) is 0 Å². The molecule has 2 aliphatic rings. The van der Waals surface area contributed by atoms with Crippen LogP contribution in [0, 0.1) is 5.82 Å². The highest BCUT2D eigenvalue weighted by atomic mass is 19.1. The maximum absolute atomic E-state index is 13.1. The Balaban J connectivity index is 1.33. The number of anilines is 1. The molecule has 0 unspecified atom stereocenters. The maximum Gasteiger partial charge on any atom is 0.315 e. The van der Waals surface area contributed by atoms with E-state index in [4.69, 9.17) is 0 Å². The summed E-state index contributed by atoms with van der Waals surface area (Å²) < 4.78 is 13.1. The van der Waals surface area contributed by atoms with Gasteiger partial charge in [0, 0.05) is 50.9 Å². The number of rotatable bonds is 6. The fourth-order valence-electron chi connectivity index (χ4n) is 4.16. The molecule has 3 rings (SSSR count). The van der Waals surface area contributed by atoms with Gasteiger partial charge in [-0.25, -0.2) is 9.18 Å². The van der Waals surface area contributed by atoms with Crippen LogP contribution >= 0.6 is 0 Å². The van der Waals surface area contributed by atoms with Crippen LogP contribution in [-0.4, -0.2) is 55.6 Å². The number of hydrogen-bond acceptors (Lipinski definition) is 3. The van der Waals surface area contributed by atoms with Crippen LogP contribution in [0.5, 0.6) is 0 Å². The van der Waals surface area contributed by atoms with E-state index in [1.165, 1.54) is 31.4 Å². The third-order valence-corrected chi connectivity index (χ3v) is 5.83. The molecule has 29 heavy (non-hydrogen) atoms. The normalized spacial score (nSPS) is 18.2. The molecule has 1 aliphatic heterocycles. The van der Waals surface area contributed by atoms with Gasteiger partial charge in [-0.15, -0.1) is 0 Å². The summed E-state index contributed by atoms with van der Waals surface area (Å²) in [5.74, 6) is -0.0955. The van der Waals surface area contributed by atoms with Gasteiger partial charge >= 0.3 is 6.03 Å². The Morgan fingerprint density at radius 1 is 0.966 bits per heavy atom. The predicted molar refractivity (Wildman–Crippen MR) is 112 cm³/mol. The standard InChI is InChI=1S/C22H33FN4O2/c23-18-9-11-20(12-10-18)26-14-5-15-27(17-16-26)21(28)8-4-13-24-22(29)25-19-6-2-1-3-7-19/h9-12,19H,1-8,13-17H2,(H2,24,25,29). The minimum absolute atomic E-state index is 0.117. The molecule has 2 fully saturated rings. The van der Waals surface area contributed by atoms with Crippen molar-refractivity contribution >= 4 is 17.6 Å². The molecule has 0 atom stereocenters. The second-order valence-corrected chi connectivity index (χ2v) is 8.04. The van der Waals surface area contributed by atoms with Crippen molar-refractivity contribution in [1.82, 2.24) is 15.5 Å². The van der Waals surface area contributed by atoms with Crippen LogP contribution in [0.3, 0.4) is 0 Å². The Morgan fingerprint density at radius 2 is 1.72 bits per heavy atom. The summed E-state index contributed by atoms with van der Waals surface area (Å²) in [4.78, 5) is 28.6. The zero-order chi connectivity index (χ0) is 20.5. The largest absolute Gasteiger partial charge is 0.370 e. The lowest BCUT2D eigenvalue weighted by Crippen LogP contribution is -2.43.